The number of hydrogen-bond acceptors (Lipinski definition) is 4. The molecule has 0 spiro atoms. The molecule has 3 rings (SSSR count). The van der Waals surface area contributed by atoms with E-state index in [1.54, 1.807) is 12.1 Å². The number of benzene rings is 1. The van der Waals surface area contributed by atoms with Crippen LogP contribution in [0.4, 0.5) is 4.39 Å². The lowest BCUT2D eigenvalue weighted by atomic mass is 9.96. The van der Waals surface area contributed by atoms with E-state index < -0.39 is 0 Å². The van der Waals surface area contributed by atoms with Crippen molar-refractivity contribution >= 4 is 42.1 Å². The predicted molar refractivity (Wildman–Crippen MR) is 118 cm³/mol. The van der Waals surface area contributed by atoms with Crippen LogP contribution in [-0.4, -0.2) is 42.0 Å². The first kappa shape index (κ1) is 24.8. The lowest BCUT2D eigenvalue weighted by Crippen LogP contribution is -2.40. The molecule has 0 aliphatic carbocycles. The zero-order chi connectivity index (χ0) is 18.5. The van der Waals surface area contributed by atoms with Crippen molar-refractivity contribution in [3.05, 3.63) is 51.2 Å². The Morgan fingerprint density at radius 1 is 1.25 bits per heavy atom. The average Bonchev–Trinajstić information content (AvgIpc) is 3.02. The van der Waals surface area contributed by atoms with Gasteiger partial charge >= 0.3 is 0 Å². The fourth-order valence-electron chi connectivity index (χ4n) is 3.34. The fourth-order valence-corrected chi connectivity index (χ4v) is 4.40. The van der Waals surface area contributed by atoms with Gasteiger partial charge in [-0.3, -0.25) is 4.79 Å². The van der Waals surface area contributed by atoms with Crippen molar-refractivity contribution in [3.8, 4) is 0 Å². The Labute approximate surface area is 182 Å². The number of carbonyl (C=O) groups excluding carboxylic acids is 1. The second-order valence-corrected chi connectivity index (χ2v) is 7.95. The largest absolute Gasteiger partial charge is 0.338 e. The monoisotopic (exact) mass is 447 g/mol. The molecule has 2 heterocycles. The van der Waals surface area contributed by atoms with Crippen LogP contribution in [0.3, 0.4) is 0 Å². The van der Waals surface area contributed by atoms with Gasteiger partial charge in [0.2, 0.25) is 0 Å². The highest BCUT2D eigenvalue weighted by Crippen LogP contribution is 2.25. The molecule has 1 aromatic carbocycles. The van der Waals surface area contributed by atoms with E-state index >= 15 is 0 Å². The van der Waals surface area contributed by atoms with Crippen LogP contribution in [0.1, 0.15) is 45.7 Å². The number of aryl methyl sites for hydroxylation is 1. The van der Waals surface area contributed by atoms with Gasteiger partial charge in [-0.25, -0.2) is 9.37 Å². The summed E-state index contributed by atoms with van der Waals surface area (Å²) in [5, 5.41) is 4.30. The molecule has 0 radical (unpaired) electrons. The van der Waals surface area contributed by atoms with Crippen molar-refractivity contribution in [2.75, 3.05) is 26.2 Å². The first-order chi connectivity index (χ1) is 12.6. The van der Waals surface area contributed by atoms with Crippen LogP contribution >= 0.6 is 36.2 Å². The number of nitrogens with one attached hydrogen (secondary N) is 1. The van der Waals surface area contributed by atoms with E-state index in [0.717, 1.165) is 60.2 Å². The van der Waals surface area contributed by atoms with Crippen molar-refractivity contribution in [2.45, 2.75) is 33.1 Å². The summed E-state index contributed by atoms with van der Waals surface area (Å²) in [6.07, 6.45) is 2.74. The number of carbonyl (C=O) groups is 1. The summed E-state index contributed by atoms with van der Waals surface area (Å²) in [6.45, 7) is 7.69. The van der Waals surface area contributed by atoms with Crippen molar-refractivity contribution in [1.29, 1.82) is 0 Å². The maximum absolute atomic E-state index is 13.0. The number of rotatable bonds is 6. The molecule has 2 aromatic rings. The lowest BCUT2D eigenvalue weighted by molar-refractivity contribution is 0.0694. The molecule has 1 amide bonds. The number of halogens is 3. The van der Waals surface area contributed by atoms with Crippen molar-refractivity contribution in [3.63, 3.8) is 0 Å². The molecule has 1 aliphatic rings. The van der Waals surface area contributed by atoms with Gasteiger partial charge in [0.05, 0.1) is 10.7 Å². The molecule has 1 aliphatic heterocycles. The Hall–Kier alpha value is -1.21. The Morgan fingerprint density at radius 3 is 2.50 bits per heavy atom. The van der Waals surface area contributed by atoms with E-state index in [2.05, 4.69) is 17.2 Å². The molecule has 1 fully saturated rings. The van der Waals surface area contributed by atoms with Crippen LogP contribution in [0, 0.1) is 18.7 Å². The summed E-state index contributed by atoms with van der Waals surface area (Å²) in [5.74, 6) is 0.528. The number of hydrogen-bond donors (Lipinski definition) is 1. The van der Waals surface area contributed by atoms with Crippen molar-refractivity contribution in [2.24, 2.45) is 5.92 Å². The minimum atomic E-state index is -0.238. The van der Waals surface area contributed by atoms with Gasteiger partial charge in [-0.2, -0.15) is 0 Å². The third kappa shape index (κ3) is 6.41. The Balaban J connectivity index is 0.00000196. The van der Waals surface area contributed by atoms with Crippen LogP contribution in [0.5, 0.6) is 0 Å². The minimum absolute atomic E-state index is 0. The topological polar surface area (TPSA) is 45.2 Å². The highest BCUT2D eigenvalue weighted by molar-refractivity contribution is 7.13. The number of nitrogens with zero attached hydrogens (tertiary/aromatic N) is 2. The van der Waals surface area contributed by atoms with Gasteiger partial charge < -0.3 is 10.2 Å². The number of likely N-dealkylation sites (tertiary alicyclic amines) is 1. The second-order valence-electron chi connectivity index (χ2n) is 6.87. The van der Waals surface area contributed by atoms with Gasteiger partial charge in [0.1, 0.15) is 10.7 Å². The Kier molecular flexibility index (Phi) is 10.4. The molecule has 156 valence electrons. The van der Waals surface area contributed by atoms with Gasteiger partial charge in [-0.1, -0.05) is 19.1 Å². The SMILES string of the molecule is CCNCC1CCN(C(=O)c2sc(Cc3ccc(F)cc3)nc2C)CC1.Cl.Cl. The summed E-state index contributed by atoms with van der Waals surface area (Å²) in [7, 11) is 0. The summed E-state index contributed by atoms with van der Waals surface area (Å²) in [5.41, 5.74) is 1.80. The van der Waals surface area contributed by atoms with Gasteiger partial charge in [-0.15, -0.1) is 36.2 Å². The smallest absolute Gasteiger partial charge is 0.265 e. The van der Waals surface area contributed by atoms with E-state index in [9.17, 15) is 9.18 Å². The van der Waals surface area contributed by atoms with Gasteiger partial charge in [0, 0.05) is 19.5 Å². The second kappa shape index (κ2) is 11.7. The highest BCUT2D eigenvalue weighted by Gasteiger charge is 2.26. The normalized spacial score (nSPS) is 14.3. The van der Waals surface area contributed by atoms with Crippen LogP contribution in [0.25, 0.3) is 0 Å². The van der Waals surface area contributed by atoms with Crippen LogP contribution in [0.15, 0.2) is 24.3 Å². The fraction of sp³-hybridized carbons (Fsp3) is 0.500. The number of piperidine rings is 1. The maximum atomic E-state index is 13.0. The third-order valence-electron chi connectivity index (χ3n) is 4.89. The van der Waals surface area contributed by atoms with Crippen molar-refractivity contribution < 1.29 is 9.18 Å². The molecule has 8 heteroatoms. The number of amides is 1. The molecule has 1 saturated heterocycles. The van der Waals surface area contributed by atoms with Gasteiger partial charge in [0.25, 0.3) is 5.91 Å². The van der Waals surface area contributed by atoms with E-state index in [1.165, 1.54) is 23.5 Å². The molecule has 0 unspecified atom stereocenters. The van der Waals surface area contributed by atoms with E-state index in [0.29, 0.717) is 12.3 Å². The Bertz CT molecular complexity index is 746. The first-order valence-electron chi connectivity index (χ1n) is 9.27. The molecular formula is C20H28Cl2FN3OS. The maximum Gasteiger partial charge on any atom is 0.265 e. The zero-order valence-corrected chi connectivity index (χ0v) is 18.7. The lowest BCUT2D eigenvalue weighted by Gasteiger charge is -2.31. The quantitative estimate of drug-likeness (QED) is 0.709. The standard InChI is InChI=1S/C20H26FN3OS.2ClH/c1-3-22-13-16-8-10-24(11-9-16)20(25)19-14(2)23-18(26-19)12-15-4-6-17(21)7-5-15;;/h4-7,16,22H,3,8-13H2,1-2H3;2*1H. The first-order valence-corrected chi connectivity index (χ1v) is 10.1. The zero-order valence-electron chi connectivity index (χ0n) is 16.2. The summed E-state index contributed by atoms with van der Waals surface area (Å²) >= 11 is 1.47. The molecule has 4 nitrogen and oxygen atoms in total. The molecule has 28 heavy (non-hydrogen) atoms. The Morgan fingerprint density at radius 2 is 1.89 bits per heavy atom. The summed E-state index contributed by atoms with van der Waals surface area (Å²) < 4.78 is 13.0. The van der Waals surface area contributed by atoms with Crippen LogP contribution in [0.2, 0.25) is 0 Å². The molecule has 0 bridgehead atoms. The molecule has 1 N–H and O–H groups in total. The van der Waals surface area contributed by atoms with E-state index in [1.807, 2.05) is 11.8 Å². The molecule has 0 atom stereocenters. The number of thiazole rings is 1. The van der Waals surface area contributed by atoms with Gasteiger partial charge in [0.15, 0.2) is 0 Å². The highest BCUT2D eigenvalue weighted by atomic mass is 35.5. The predicted octanol–water partition coefficient (Wildman–Crippen LogP) is 4.49. The van der Waals surface area contributed by atoms with E-state index in [-0.39, 0.29) is 36.5 Å². The minimum Gasteiger partial charge on any atom is -0.338 e. The van der Waals surface area contributed by atoms with E-state index in [4.69, 9.17) is 0 Å². The van der Waals surface area contributed by atoms with Gasteiger partial charge in [-0.05, 0) is 56.5 Å². The van der Waals surface area contributed by atoms with Crippen LogP contribution in [-0.2, 0) is 6.42 Å². The van der Waals surface area contributed by atoms with Crippen LogP contribution < -0.4 is 5.32 Å². The molecular weight excluding hydrogens is 420 g/mol. The average molecular weight is 448 g/mol. The number of aromatic nitrogens is 1. The van der Waals surface area contributed by atoms with Crippen molar-refractivity contribution in [1.82, 2.24) is 15.2 Å². The summed E-state index contributed by atoms with van der Waals surface area (Å²) in [6, 6.07) is 6.45. The summed E-state index contributed by atoms with van der Waals surface area (Å²) in [4.78, 5) is 20.2. The third-order valence-corrected chi connectivity index (χ3v) is 6.03. The molecule has 1 aromatic heterocycles. The molecule has 0 saturated carbocycles.